The Balaban J connectivity index is 1.92. The summed E-state index contributed by atoms with van der Waals surface area (Å²) in [5.41, 5.74) is -0.859. The quantitative estimate of drug-likeness (QED) is 0.664. The topological polar surface area (TPSA) is 99.6 Å². The first-order chi connectivity index (χ1) is 12.4. The van der Waals surface area contributed by atoms with Crippen LogP contribution in [0.3, 0.4) is 0 Å². The van der Waals surface area contributed by atoms with E-state index in [2.05, 4.69) is 4.98 Å². The van der Waals surface area contributed by atoms with Crippen molar-refractivity contribution < 1.29 is 22.7 Å². The standard InChI is InChI=1S/C16H20FN2O6P/c1-11-9-19(16(21)18-15(11)20)12(2)24-14(8-17)10-23-26(22)25-13-6-4-3-5-7-13/h3-7,9,12,14,26H,8,10H2,1-2H3,(H,18,20,21)/t12-,14+/m0/s1. The largest absolute Gasteiger partial charge is 0.426 e. The van der Waals surface area contributed by atoms with Crippen molar-refractivity contribution in [1.82, 2.24) is 9.55 Å². The van der Waals surface area contributed by atoms with Crippen molar-refractivity contribution in [3.05, 3.63) is 62.9 Å². The van der Waals surface area contributed by atoms with Gasteiger partial charge < -0.3 is 9.26 Å². The third kappa shape index (κ3) is 5.66. The van der Waals surface area contributed by atoms with Crippen LogP contribution in [0.4, 0.5) is 4.39 Å². The van der Waals surface area contributed by atoms with Gasteiger partial charge in [0.05, 0.1) is 6.61 Å². The Labute approximate surface area is 149 Å². The molecule has 26 heavy (non-hydrogen) atoms. The van der Waals surface area contributed by atoms with Gasteiger partial charge in [-0.3, -0.25) is 18.9 Å². The second-order valence-corrected chi connectivity index (χ2v) is 6.46. The molecule has 0 spiro atoms. The zero-order valence-corrected chi connectivity index (χ0v) is 15.3. The van der Waals surface area contributed by atoms with Gasteiger partial charge in [-0.25, -0.2) is 13.8 Å². The molecule has 0 aliphatic rings. The number of H-pyrrole nitrogens is 1. The highest BCUT2D eigenvalue weighted by molar-refractivity contribution is 7.33. The van der Waals surface area contributed by atoms with E-state index >= 15 is 0 Å². The predicted molar refractivity (Wildman–Crippen MR) is 93.6 cm³/mol. The molecular formula is C16H20FN2O6P. The first-order valence-corrected chi connectivity index (χ1v) is 9.06. The molecule has 0 radical (unpaired) electrons. The molecule has 142 valence electrons. The van der Waals surface area contributed by atoms with Gasteiger partial charge in [0.2, 0.25) is 0 Å². The van der Waals surface area contributed by atoms with E-state index in [0.717, 1.165) is 4.57 Å². The molecule has 2 rings (SSSR count). The molecule has 1 unspecified atom stereocenters. The summed E-state index contributed by atoms with van der Waals surface area (Å²) in [4.78, 5) is 25.3. The molecule has 1 heterocycles. The number of nitrogens with one attached hydrogen (secondary N) is 1. The fourth-order valence-electron chi connectivity index (χ4n) is 2.10. The summed E-state index contributed by atoms with van der Waals surface area (Å²) in [5, 5.41) is 0. The monoisotopic (exact) mass is 386 g/mol. The smallest absolute Gasteiger partial charge is 0.367 e. The van der Waals surface area contributed by atoms with Gasteiger partial charge in [-0.05, 0) is 26.0 Å². The predicted octanol–water partition coefficient (Wildman–Crippen LogP) is 2.20. The summed E-state index contributed by atoms with van der Waals surface area (Å²) in [7, 11) is -2.88. The molecule has 1 aromatic carbocycles. The van der Waals surface area contributed by atoms with Crippen LogP contribution in [0.25, 0.3) is 0 Å². The van der Waals surface area contributed by atoms with E-state index in [0.29, 0.717) is 11.3 Å². The summed E-state index contributed by atoms with van der Waals surface area (Å²) in [5.74, 6) is 0.373. The van der Waals surface area contributed by atoms with E-state index in [9.17, 15) is 18.5 Å². The van der Waals surface area contributed by atoms with Crippen LogP contribution in [0.2, 0.25) is 0 Å². The lowest BCUT2D eigenvalue weighted by molar-refractivity contribution is -0.0715. The molecule has 0 saturated carbocycles. The molecule has 0 bridgehead atoms. The molecule has 3 atom stereocenters. The van der Waals surface area contributed by atoms with Gasteiger partial charge in [0, 0.05) is 11.8 Å². The van der Waals surface area contributed by atoms with Crippen LogP contribution in [0.5, 0.6) is 5.75 Å². The van der Waals surface area contributed by atoms with Crippen molar-refractivity contribution in [2.24, 2.45) is 0 Å². The molecule has 0 saturated heterocycles. The van der Waals surface area contributed by atoms with Crippen molar-refractivity contribution in [3.63, 3.8) is 0 Å². The molecule has 1 aromatic heterocycles. The number of rotatable bonds is 9. The van der Waals surface area contributed by atoms with Crippen molar-refractivity contribution >= 4 is 8.25 Å². The van der Waals surface area contributed by atoms with E-state index in [1.54, 1.807) is 30.3 Å². The molecule has 0 fully saturated rings. The minimum atomic E-state index is -2.88. The van der Waals surface area contributed by atoms with Crippen LogP contribution >= 0.6 is 8.25 Å². The number of nitrogens with zero attached hydrogens (tertiary/aromatic N) is 1. The summed E-state index contributed by atoms with van der Waals surface area (Å²) < 4.78 is 41.6. The highest BCUT2D eigenvalue weighted by Crippen LogP contribution is 2.28. The number of hydrogen-bond donors (Lipinski definition) is 1. The van der Waals surface area contributed by atoms with Crippen LogP contribution in [-0.2, 0) is 13.8 Å². The average Bonchev–Trinajstić information content (AvgIpc) is 2.62. The fraction of sp³-hybridized carbons (Fsp3) is 0.375. The van der Waals surface area contributed by atoms with E-state index in [1.807, 2.05) is 0 Å². The molecule has 2 aromatic rings. The number of ether oxygens (including phenoxy) is 1. The number of aromatic nitrogens is 2. The van der Waals surface area contributed by atoms with E-state index < -0.39 is 38.5 Å². The van der Waals surface area contributed by atoms with E-state index in [4.69, 9.17) is 13.8 Å². The average molecular weight is 386 g/mol. The lowest BCUT2D eigenvalue weighted by Crippen LogP contribution is -2.35. The molecule has 0 aliphatic heterocycles. The van der Waals surface area contributed by atoms with Gasteiger partial charge in [0.1, 0.15) is 24.8 Å². The highest BCUT2D eigenvalue weighted by atomic mass is 31.1. The number of aromatic amines is 1. The Bertz CT molecular complexity index is 854. The van der Waals surface area contributed by atoms with Gasteiger partial charge in [0.15, 0.2) is 0 Å². The summed E-state index contributed by atoms with van der Waals surface area (Å²) in [6.07, 6.45) is -0.597. The van der Waals surface area contributed by atoms with Crippen LogP contribution in [-0.4, -0.2) is 28.9 Å². The maximum Gasteiger partial charge on any atom is 0.367 e. The zero-order chi connectivity index (χ0) is 19.1. The Morgan fingerprint density at radius 3 is 2.62 bits per heavy atom. The second-order valence-electron chi connectivity index (χ2n) is 5.47. The number of para-hydroxylation sites is 1. The molecule has 1 N–H and O–H groups in total. The van der Waals surface area contributed by atoms with Crippen molar-refractivity contribution in [1.29, 1.82) is 0 Å². The Kier molecular flexibility index (Phi) is 7.32. The maximum atomic E-state index is 13.2. The van der Waals surface area contributed by atoms with Crippen molar-refractivity contribution in [3.8, 4) is 5.75 Å². The molecule has 0 amide bonds. The summed E-state index contributed by atoms with van der Waals surface area (Å²) >= 11 is 0. The first-order valence-electron chi connectivity index (χ1n) is 7.84. The molecule has 10 heteroatoms. The van der Waals surface area contributed by atoms with Gasteiger partial charge in [-0.15, -0.1) is 0 Å². The van der Waals surface area contributed by atoms with E-state index in [1.165, 1.54) is 20.0 Å². The SMILES string of the molecule is Cc1cn([C@H](C)O[C@H](CF)CO[PH](=O)Oc2ccccc2)c(=O)[nH]c1=O. The number of halogens is 1. The van der Waals surface area contributed by atoms with Gasteiger partial charge in [-0.1, -0.05) is 18.2 Å². The zero-order valence-electron chi connectivity index (χ0n) is 14.3. The normalized spacial score (nSPS) is 14.6. The van der Waals surface area contributed by atoms with Crippen molar-refractivity contribution in [2.75, 3.05) is 13.3 Å². The third-order valence-electron chi connectivity index (χ3n) is 3.43. The molecular weight excluding hydrogens is 366 g/mol. The summed E-state index contributed by atoms with van der Waals surface area (Å²) in [6.45, 7) is 1.82. The Morgan fingerprint density at radius 2 is 1.96 bits per heavy atom. The minimum Gasteiger partial charge on any atom is -0.426 e. The minimum absolute atomic E-state index is 0.314. The van der Waals surface area contributed by atoms with Crippen molar-refractivity contribution in [2.45, 2.75) is 26.2 Å². The highest BCUT2D eigenvalue weighted by Gasteiger charge is 2.18. The van der Waals surface area contributed by atoms with Gasteiger partial charge >= 0.3 is 13.9 Å². The third-order valence-corrected chi connectivity index (χ3v) is 4.24. The number of aryl methyl sites for hydroxylation is 1. The Morgan fingerprint density at radius 1 is 1.27 bits per heavy atom. The van der Waals surface area contributed by atoms with E-state index in [-0.39, 0.29) is 6.61 Å². The Hall–Kier alpha value is -2.22. The fourth-order valence-corrected chi connectivity index (χ4v) is 2.81. The van der Waals surface area contributed by atoms with Gasteiger partial charge in [-0.2, -0.15) is 0 Å². The number of hydrogen-bond acceptors (Lipinski definition) is 6. The summed E-state index contributed by atoms with van der Waals surface area (Å²) in [6, 6.07) is 8.43. The lowest BCUT2D eigenvalue weighted by Gasteiger charge is -2.21. The van der Waals surface area contributed by atoms with Gasteiger partial charge in [0.25, 0.3) is 5.56 Å². The van der Waals surface area contributed by atoms with Crippen LogP contribution in [0.15, 0.2) is 46.1 Å². The van der Waals surface area contributed by atoms with Crippen LogP contribution < -0.4 is 15.8 Å². The number of benzene rings is 1. The number of alkyl halides is 1. The maximum absolute atomic E-state index is 13.2. The first kappa shape index (κ1) is 20.1. The van der Waals surface area contributed by atoms with Crippen LogP contribution in [0, 0.1) is 6.92 Å². The van der Waals surface area contributed by atoms with Crippen LogP contribution in [0.1, 0.15) is 18.7 Å². The molecule has 0 aliphatic carbocycles. The lowest BCUT2D eigenvalue weighted by atomic mass is 10.3. The molecule has 8 nitrogen and oxygen atoms in total. The second kappa shape index (κ2) is 9.47.